The van der Waals surface area contributed by atoms with Gasteiger partial charge in [0.15, 0.2) is 0 Å². The summed E-state index contributed by atoms with van der Waals surface area (Å²) in [7, 11) is 0. The molecule has 3 rings (SSSR count). The second-order valence-corrected chi connectivity index (χ2v) is 5.77. The minimum atomic E-state index is 0.440. The second kappa shape index (κ2) is 6.56. The molecule has 106 valence electrons. The third kappa shape index (κ3) is 3.32. The van der Waals surface area contributed by atoms with Crippen molar-refractivity contribution in [2.24, 2.45) is 5.92 Å². The van der Waals surface area contributed by atoms with E-state index in [4.69, 9.17) is 5.26 Å². The molecule has 2 aromatic carbocycles. The van der Waals surface area contributed by atoms with Gasteiger partial charge in [-0.3, -0.25) is 0 Å². The fourth-order valence-corrected chi connectivity index (χ4v) is 2.92. The Balaban J connectivity index is 1.68. The summed E-state index contributed by atoms with van der Waals surface area (Å²) < 4.78 is 0. The van der Waals surface area contributed by atoms with Crippen molar-refractivity contribution in [1.29, 1.82) is 5.26 Å². The average Bonchev–Trinajstić information content (AvgIpc) is 2.51. The highest BCUT2D eigenvalue weighted by Crippen LogP contribution is 2.37. The number of benzene rings is 2. The molecule has 2 heteroatoms. The maximum atomic E-state index is 8.84. The van der Waals surface area contributed by atoms with E-state index in [1.807, 2.05) is 24.3 Å². The van der Waals surface area contributed by atoms with E-state index >= 15 is 0 Å². The van der Waals surface area contributed by atoms with Gasteiger partial charge in [0.05, 0.1) is 11.6 Å². The van der Waals surface area contributed by atoms with Gasteiger partial charge in [0, 0.05) is 12.6 Å². The van der Waals surface area contributed by atoms with Crippen LogP contribution >= 0.6 is 0 Å². The Morgan fingerprint density at radius 3 is 2.33 bits per heavy atom. The summed E-state index contributed by atoms with van der Waals surface area (Å²) in [6, 6.07) is 21.2. The SMILES string of the molecule is N#Cc1ccc(CNC(c2ccccc2)C2CCC2)cc1. The lowest BCUT2D eigenvalue weighted by Crippen LogP contribution is -2.31. The summed E-state index contributed by atoms with van der Waals surface area (Å²) in [4.78, 5) is 0. The molecule has 0 aromatic heterocycles. The van der Waals surface area contributed by atoms with Crippen LogP contribution in [0.5, 0.6) is 0 Å². The monoisotopic (exact) mass is 276 g/mol. The molecule has 1 saturated carbocycles. The molecule has 0 bridgehead atoms. The molecule has 1 atom stereocenters. The van der Waals surface area contributed by atoms with Crippen molar-refractivity contribution in [3.8, 4) is 6.07 Å². The van der Waals surface area contributed by atoms with Crippen LogP contribution in [0.15, 0.2) is 54.6 Å². The lowest BCUT2D eigenvalue weighted by Gasteiger charge is -2.35. The van der Waals surface area contributed by atoms with Crippen molar-refractivity contribution in [3.05, 3.63) is 71.3 Å². The van der Waals surface area contributed by atoms with Crippen molar-refractivity contribution in [3.63, 3.8) is 0 Å². The fourth-order valence-electron chi connectivity index (χ4n) is 2.92. The van der Waals surface area contributed by atoms with Crippen LogP contribution < -0.4 is 5.32 Å². The van der Waals surface area contributed by atoms with Crippen molar-refractivity contribution in [2.75, 3.05) is 0 Å². The Hall–Kier alpha value is -2.11. The molecule has 0 saturated heterocycles. The van der Waals surface area contributed by atoms with Gasteiger partial charge in [-0.15, -0.1) is 0 Å². The van der Waals surface area contributed by atoms with E-state index in [2.05, 4.69) is 41.7 Å². The van der Waals surface area contributed by atoms with E-state index in [1.54, 1.807) is 0 Å². The molecule has 0 amide bonds. The van der Waals surface area contributed by atoms with Crippen LogP contribution in [-0.2, 0) is 6.54 Å². The van der Waals surface area contributed by atoms with Gasteiger partial charge in [0.1, 0.15) is 0 Å². The van der Waals surface area contributed by atoms with Gasteiger partial charge in [0.25, 0.3) is 0 Å². The lowest BCUT2D eigenvalue weighted by atomic mass is 9.77. The maximum Gasteiger partial charge on any atom is 0.0991 e. The van der Waals surface area contributed by atoms with Crippen molar-refractivity contribution >= 4 is 0 Å². The normalized spacial score (nSPS) is 16.0. The van der Waals surface area contributed by atoms with Crippen LogP contribution in [-0.4, -0.2) is 0 Å². The van der Waals surface area contributed by atoms with Gasteiger partial charge in [0.2, 0.25) is 0 Å². The molecule has 0 radical (unpaired) electrons. The quantitative estimate of drug-likeness (QED) is 0.888. The van der Waals surface area contributed by atoms with Crippen LogP contribution in [0.2, 0.25) is 0 Å². The molecule has 1 aliphatic carbocycles. The molecule has 1 fully saturated rings. The standard InChI is InChI=1S/C19H20N2/c20-13-15-9-11-16(12-10-15)14-21-19(18-7-4-8-18)17-5-2-1-3-6-17/h1-3,5-6,9-12,18-19,21H,4,7-8,14H2. The summed E-state index contributed by atoms with van der Waals surface area (Å²) in [6.45, 7) is 0.849. The second-order valence-electron chi connectivity index (χ2n) is 5.77. The van der Waals surface area contributed by atoms with Crippen LogP contribution in [0, 0.1) is 17.2 Å². The van der Waals surface area contributed by atoms with Crippen molar-refractivity contribution in [1.82, 2.24) is 5.32 Å². The molecule has 2 nitrogen and oxygen atoms in total. The molecule has 21 heavy (non-hydrogen) atoms. The van der Waals surface area contributed by atoms with Gasteiger partial charge in [-0.2, -0.15) is 5.26 Å². The number of rotatable bonds is 5. The predicted molar refractivity (Wildman–Crippen MR) is 84.5 cm³/mol. The lowest BCUT2D eigenvalue weighted by molar-refractivity contribution is 0.229. The Kier molecular flexibility index (Phi) is 4.33. The summed E-state index contributed by atoms with van der Waals surface area (Å²) >= 11 is 0. The Bertz CT molecular complexity index is 606. The van der Waals surface area contributed by atoms with E-state index < -0.39 is 0 Å². The van der Waals surface area contributed by atoms with Crippen LogP contribution in [0.4, 0.5) is 0 Å². The van der Waals surface area contributed by atoms with E-state index in [0.29, 0.717) is 6.04 Å². The maximum absolute atomic E-state index is 8.84. The first-order valence-corrected chi connectivity index (χ1v) is 7.64. The van der Waals surface area contributed by atoms with Crippen molar-refractivity contribution < 1.29 is 0 Å². The zero-order chi connectivity index (χ0) is 14.5. The smallest absolute Gasteiger partial charge is 0.0991 e. The molecule has 2 aromatic rings. The van der Waals surface area contributed by atoms with E-state index in [-0.39, 0.29) is 0 Å². The minimum Gasteiger partial charge on any atom is -0.306 e. The summed E-state index contributed by atoms with van der Waals surface area (Å²) in [5.74, 6) is 0.755. The molecular formula is C19H20N2. The van der Waals surface area contributed by atoms with Gasteiger partial charge in [-0.25, -0.2) is 0 Å². The third-order valence-electron chi connectivity index (χ3n) is 4.39. The highest BCUT2D eigenvalue weighted by Gasteiger charge is 2.27. The first kappa shape index (κ1) is 13.9. The van der Waals surface area contributed by atoms with Gasteiger partial charge in [-0.05, 0) is 42.0 Å². The molecular weight excluding hydrogens is 256 g/mol. The molecule has 0 aliphatic heterocycles. The fraction of sp³-hybridized carbons (Fsp3) is 0.316. The third-order valence-corrected chi connectivity index (χ3v) is 4.39. The Morgan fingerprint density at radius 1 is 1.05 bits per heavy atom. The average molecular weight is 276 g/mol. The van der Waals surface area contributed by atoms with Gasteiger partial charge in [-0.1, -0.05) is 48.9 Å². The van der Waals surface area contributed by atoms with Crippen LogP contribution in [0.25, 0.3) is 0 Å². The predicted octanol–water partition coefficient (Wildman–Crippen LogP) is 4.19. The van der Waals surface area contributed by atoms with Crippen molar-refractivity contribution in [2.45, 2.75) is 31.8 Å². The molecule has 1 unspecified atom stereocenters. The summed E-state index contributed by atoms with van der Waals surface area (Å²) in [6.07, 6.45) is 3.99. The number of nitriles is 1. The van der Waals surface area contributed by atoms with Crippen LogP contribution in [0.3, 0.4) is 0 Å². The van der Waals surface area contributed by atoms with Crippen LogP contribution in [0.1, 0.15) is 42.0 Å². The summed E-state index contributed by atoms with van der Waals surface area (Å²) in [5.41, 5.74) is 3.34. The Labute approximate surface area is 126 Å². The topological polar surface area (TPSA) is 35.8 Å². The van der Waals surface area contributed by atoms with E-state index in [0.717, 1.165) is 18.0 Å². The zero-order valence-corrected chi connectivity index (χ0v) is 12.1. The zero-order valence-electron chi connectivity index (χ0n) is 12.1. The first-order valence-electron chi connectivity index (χ1n) is 7.64. The molecule has 0 spiro atoms. The highest BCUT2D eigenvalue weighted by atomic mass is 14.9. The first-order chi connectivity index (χ1) is 10.4. The molecule has 1 N–H and O–H groups in total. The highest BCUT2D eigenvalue weighted by molar-refractivity contribution is 5.31. The minimum absolute atomic E-state index is 0.440. The van der Waals surface area contributed by atoms with E-state index in [1.165, 1.54) is 30.4 Å². The number of nitrogens with one attached hydrogen (secondary N) is 1. The van der Waals surface area contributed by atoms with Gasteiger partial charge >= 0.3 is 0 Å². The van der Waals surface area contributed by atoms with E-state index in [9.17, 15) is 0 Å². The largest absolute Gasteiger partial charge is 0.306 e. The Morgan fingerprint density at radius 2 is 1.76 bits per heavy atom. The molecule has 1 aliphatic rings. The van der Waals surface area contributed by atoms with Gasteiger partial charge < -0.3 is 5.32 Å². The number of hydrogen-bond donors (Lipinski definition) is 1. The summed E-state index contributed by atoms with van der Waals surface area (Å²) in [5, 5.41) is 12.6. The number of hydrogen-bond acceptors (Lipinski definition) is 2. The molecule has 0 heterocycles. The number of nitrogens with zero attached hydrogens (tertiary/aromatic N) is 1.